The van der Waals surface area contributed by atoms with Crippen molar-refractivity contribution in [2.75, 3.05) is 0 Å². The van der Waals surface area contributed by atoms with E-state index < -0.39 is 0 Å². The van der Waals surface area contributed by atoms with Crippen LogP contribution in [0.2, 0.25) is 5.02 Å². The summed E-state index contributed by atoms with van der Waals surface area (Å²) in [6, 6.07) is 5.30. The highest BCUT2D eigenvalue weighted by molar-refractivity contribution is 6.31. The van der Waals surface area contributed by atoms with Gasteiger partial charge in [0.05, 0.1) is 6.26 Å². The molecule has 66 valence electrons. The standard InChI is InChI=1S/C10H7ClO2/c1-6(12)10-9-3-2-8(11)4-7(9)5-13-10/h2-5H,1H3. The van der Waals surface area contributed by atoms with Crippen molar-refractivity contribution in [1.82, 2.24) is 0 Å². The summed E-state index contributed by atoms with van der Waals surface area (Å²) in [5.41, 5.74) is 0. The zero-order valence-electron chi connectivity index (χ0n) is 7.00. The van der Waals surface area contributed by atoms with Gasteiger partial charge in [-0.2, -0.15) is 0 Å². The third-order valence-corrected chi connectivity index (χ3v) is 2.12. The van der Waals surface area contributed by atoms with Gasteiger partial charge in [0.15, 0.2) is 11.5 Å². The predicted molar refractivity (Wildman–Crippen MR) is 51.2 cm³/mol. The average molecular weight is 195 g/mol. The molecule has 0 N–H and O–H groups in total. The van der Waals surface area contributed by atoms with Crippen LogP contribution in [-0.2, 0) is 0 Å². The first kappa shape index (κ1) is 8.32. The van der Waals surface area contributed by atoms with Crippen LogP contribution in [-0.4, -0.2) is 5.78 Å². The molecule has 0 atom stereocenters. The Balaban J connectivity index is 2.76. The fourth-order valence-corrected chi connectivity index (χ4v) is 1.48. The molecule has 0 saturated carbocycles. The summed E-state index contributed by atoms with van der Waals surface area (Å²) in [5.74, 6) is 0.323. The van der Waals surface area contributed by atoms with E-state index in [1.165, 1.54) is 13.2 Å². The molecular formula is C10H7ClO2. The van der Waals surface area contributed by atoms with Gasteiger partial charge in [0.25, 0.3) is 0 Å². The molecule has 0 radical (unpaired) electrons. The van der Waals surface area contributed by atoms with Crippen molar-refractivity contribution in [2.24, 2.45) is 0 Å². The number of rotatable bonds is 1. The van der Waals surface area contributed by atoms with Crippen LogP contribution in [0.4, 0.5) is 0 Å². The largest absolute Gasteiger partial charge is 0.460 e. The second-order valence-electron chi connectivity index (χ2n) is 2.85. The Hall–Kier alpha value is -1.28. The summed E-state index contributed by atoms with van der Waals surface area (Å²) in [7, 11) is 0. The van der Waals surface area contributed by atoms with Gasteiger partial charge in [0.2, 0.25) is 0 Å². The van der Waals surface area contributed by atoms with Gasteiger partial charge in [-0.1, -0.05) is 11.6 Å². The van der Waals surface area contributed by atoms with E-state index in [-0.39, 0.29) is 5.78 Å². The molecule has 2 nitrogen and oxygen atoms in total. The second-order valence-corrected chi connectivity index (χ2v) is 3.29. The number of ketones is 1. The van der Waals surface area contributed by atoms with Crippen molar-refractivity contribution < 1.29 is 9.21 Å². The Bertz CT molecular complexity index is 471. The Morgan fingerprint density at radius 1 is 1.46 bits per heavy atom. The predicted octanol–water partition coefficient (Wildman–Crippen LogP) is 3.29. The molecule has 0 spiro atoms. The van der Waals surface area contributed by atoms with Crippen molar-refractivity contribution in [2.45, 2.75) is 6.92 Å². The maximum absolute atomic E-state index is 11.1. The number of hydrogen-bond donors (Lipinski definition) is 0. The lowest BCUT2D eigenvalue weighted by atomic mass is 10.1. The minimum Gasteiger partial charge on any atom is -0.460 e. The Morgan fingerprint density at radius 3 is 2.92 bits per heavy atom. The minimum absolute atomic E-state index is 0.0719. The van der Waals surface area contributed by atoms with Crippen LogP contribution in [0, 0.1) is 0 Å². The van der Waals surface area contributed by atoms with Gasteiger partial charge >= 0.3 is 0 Å². The highest BCUT2D eigenvalue weighted by Gasteiger charge is 2.09. The average Bonchev–Trinajstić information content (AvgIpc) is 2.46. The Kier molecular flexibility index (Phi) is 1.85. The van der Waals surface area contributed by atoms with Gasteiger partial charge in [-0.3, -0.25) is 4.79 Å². The van der Waals surface area contributed by atoms with Gasteiger partial charge in [-0.25, -0.2) is 0 Å². The highest BCUT2D eigenvalue weighted by Crippen LogP contribution is 2.24. The van der Waals surface area contributed by atoms with Crippen LogP contribution >= 0.6 is 11.6 Å². The number of halogens is 1. The van der Waals surface area contributed by atoms with Crippen molar-refractivity contribution in [3.05, 3.63) is 35.2 Å². The molecule has 0 unspecified atom stereocenters. The number of carbonyl (C=O) groups is 1. The summed E-state index contributed by atoms with van der Waals surface area (Å²) in [5, 5.41) is 2.32. The molecule has 1 aromatic carbocycles. The molecule has 1 heterocycles. The lowest BCUT2D eigenvalue weighted by Gasteiger charge is -1.91. The fourth-order valence-electron chi connectivity index (χ4n) is 1.30. The SMILES string of the molecule is CC(=O)c1occ2cc(Cl)ccc12. The molecule has 0 bridgehead atoms. The van der Waals surface area contributed by atoms with E-state index in [1.807, 2.05) is 0 Å². The number of fused-ring (bicyclic) bond motifs is 1. The third kappa shape index (κ3) is 1.33. The monoisotopic (exact) mass is 194 g/mol. The molecule has 0 aliphatic heterocycles. The van der Waals surface area contributed by atoms with E-state index in [4.69, 9.17) is 16.0 Å². The molecule has 2 aromatic rings. The fraction of sp³-hybridized carbons (Fsp3) is 0.100. The molecule has 2 rings (SSSR count). The van der Waals surface area contributed by atoms with Crippen LogP contribution in [0.1, 0.15) is 17.5 Å². The first-order valence-electron chi connectivity index (χ1n) is 3.86. The molecule has 1 aromatic heterocycles. The number of Topliss-reactive ketones (excluding diaryl/α,β-unsaturated/α-hetero) is 1. The normalized spacial score (nSPS) is 10.6. The maximum Gasteiger partial charge on any atom is 0.195 e. The van der Waals surface area contributed by atoms with E-state index in [1.54, 1.807) is 18.2 Å². The smallest absolute Gasteiger partial charge is 0.195 e. The quantitative estimate of drug-likeness (QED) is 0.652. The topological polar surface area (TPSA) is 30.2 Å². The molecule has 0 aliphatic carbocycles. The Morgan fingerprint density at radius 2 is 2.23 bits per heavy atom. The first-order chi connectivity index (χ1) is 6.18. The number of furan rings is 1. The van der Waals surface area contributed by atoms with E-state index in [2.05, 4.69) is 0 Å². The summed E-state index contributed by atoms with van der Waals surface area (Å²) >= 11 is 5.78. The van der Waals surface area contributed by atoms with Gasteiger partial charge in [0.1, 0.15) is 0 Å². The number of hydrogen-bond acceptors (Lipinski definition) is 2. The van der Waals surface area contributed by atoms with Gasteiger partial charge < -0.3 is 4.42 Å². The van der Waals surface area contributed by atoms with Gasteiger partial charge in [-0.05, 0) is 18.2 Å². The lowest BCUT2D eigenvalue weighted by molar-refractivity contribution is 0.0989. The molecular weight excluding hydrogens is 188 g/mol. The molecule has 3 heteroatoms. The van der Waals surface area contributed by atoms with Crippen LogP contribution < -0.4 is 0 Å². The lowest BCUT2D eigenvalue weighted by Crippen LogP contribution is -1.87. The zero-order valence-corrected chi connectivity index (χ0v) is 7.76. The van der Waals surface area contributed by atoms with E-state index in [9.17, 15) is 4.79 Å². The van der Waals surface area contributed by atoms with E-state index >= 15 is 0 Å². The summed E-state index contributed by atoms with van der Waals surface area (Å²) in [6.07, 6.45) is 1.54. The molecule has 0 aliphatic rings. The molecule has 13 heavy (non-hydrogen) atoms. The number of benzene rings is 1. The minimum atomic E-state index is -0.0719. The summed E-state index contributed by atoms with van der Waals surface area (Å²) < 4.78 is 5.12. The van der Waals surface area contributed by atoms with Gasteiger partial charge in [-0.15, -0.1) is 0 Å². The molecule has 0 saturated heterocycles. The van der Waals surface area contributed by atoms with Crippen molar-refractivity contribution >= 4 is 28.2 Å². The van der Waals surface area contributed by atoms with Crippen molar-refractivity contribution in [3.8, 4) is 0 Å². The maximum atomic E-state index is 11.1. The summed E-state index contributed by atoms with van der Waals surface area (Å²) in [6.45, 7) is 1.48. The van der Waals surface area contributed by atoms with Crippen LogP contribution in [0.3, 0.4) is 0 Å². The third-order valence-electron chi connectivity index (χ3n) is 1.88. The van der Waals surface area contributed by atoms with E-state index in [0.717, 1.165) is 10.8 Å². The Labute approximate surface area is 80.1 Å². The number of carbonyl (C=O) groups excluding carboxylic acids is 1. The van der Waals surface area contributed by atoms with Crippen molar-refractivity contribution in [1.29, 1.82) is 0 Å². The summed E-state index contributed by atoms with van der Waals surface area (Å²) in [4.78, 5) is 11.1. The van der Waals surface area contributed by atoms with Crippen molar-refractivity contribution in [3.63, 3.8) is 0 Å². The van der Waals surface area contributed by atoms with Crippen LogP contribution in [0.5, 0.6) is 0 Å². The first-order valence-corrected chi connectivity index (χ1v) is 4.24. The zero-order chi connectivity index (χ0) is 9.42. The van der Waals surface area contributed by atoms with Crippen LogP contribution in [0.25, 0.3) is 10.8 Å². The molecule has 0 amide bonds. The molecule has 0 fully saturated rings. The van der Waals surface area contributed by atoms with E-state index in [0.29, 0.717) is 10.8 Å². The second kappa shape index (κ2) is 2.89. The highest BCUT2D eigenvalue weighted by atomic mass is 35.5. The van der Waals surface area contributed by atoms with Crippen LogP contribution in [0.15, 0.2) is 28.9 Å². The van der Waals surface area contributed by atoms with Gasteiger partial charge in [0, 0.05) is 22.7 Å².